The molecule has 0 atom stereocenters. The molecular formula is C13H13Cl3O4. The Balaban J connectivity index is 3.20. The first-order valence-electron chi connectivity index (χ1n) is 5.42. The van der Waals surface area contributed by atoms with Gasteiger partial charge in [-0.3, -0.25) is 4.79 Å². The molecule has 0 spiro atoms. The van der Waals surface area contributed by atoms with Crippen LogP contribution in [0, 0.1) is 0 Å². The monoisotopic (exact) mass is 338 g/mol. The molecule has 0 unspecified atom stereocenters. The summed E-state index contributed by atoms with van der Waals surface area (Å²) in [5.74, 6) is 0.602. The highest BCUT2D eigenvalue weighted by molar-refractivity contribution is 6.77. The minimum atomic E-state index is -2.03. The van der Waals surface area contributed by atoms with E-state index in [9.17, 15) is 4.79 Å². The van der Waals surface area contributed by atoms with Crippen LogP contribution in [0.3, 0.4) is 0 Å². The molecule has 1 aromatic rings. The number of ketones is 1. The molecule has 1 rings (SSSR count). The molecule has 20 heavy (non-hydrogen) atoms. The quantitative estimate of drug-likeness (QED) is 0.467. The number of hydrogen-bond donors (Lipinski definition) is 0. The lowest BCUT2D eigenvalue weighted by Gasteiger charge is -2.12. The summed E-state index contributed by atoms with van der Waals surface area (Å²) < 4.78 is 13.4. The van der Waals surface area contributed by atoms with Gasteiger partial charge < -0.3 is 14.2 Å². The van der Waals surface area contributed by atoms with Crippen LogP contribution < -0.4 is 9.47 Å². The fourth-order valence-corrected chi connectivity index (χ4v) is 1.61. The molecule has 0 aliphatic heterocycles. The predicted octanol–water partition coefficient (Wildman–Crippen LogP) is 3.63. The lowest BCUT2D eigenvalue weighted by Crippen LogP contribution is -2.16. The topological polar surface area (TPSA) is 44.8 Å². The molecule has 0 amide bonds. The number of ether oxygens (including phenoxy) is 3. The summed E-state index contributed by atoms with van der Waals surface area (Å²) in [5, 5.41) is 0. The Bertz CT molecular complexity index is 521. The van der Waals surface area contributed by atoms with Crippen molar-refractivity contribution in [2.24, 2.45) is 0 Å². The summed E-state index contributed by atoms with van der Waals surface area (Å²) in [7, 11) is 4.44. The minimum Gasteiger partial charge on any atom is -0.496 e. The van der Waals surface area contributed by atoms with Gasteiger partial charge >= 0.3 is 0 Å². The van der Waals surface area contributed by atoms with Gasteiger partial charge in [0.2, 0.25) is 5.78 Å². The second-order valence-electron chi connectivity index (χ2n) is 3.64. The van der Waals surface area contributed by atoms with E-state index >= 15 is 0 Å². The van der Waals surface area contributed by atoms with Crippen molar-refractivity contribution in [1.82, 2.24) is 0 Å². The molecule has 0 aromatic heterocycles. The fourth-order valence-electron chi connectivity index (χ4n) is 1.45. The molecule has 110 valence electrons. The van der Waals surface area contributed by atoms with E-state index in [1.54, 1.807) is 18.2 Å². The van der Waals surface area contributed by atoms with Crippen molar-refractivity contribution in [2.45, 2.75) is 3.79 Å². The van der Waals surface area contributed by atoms with Gasteiger partial charge in [0, 0.05) is 11.6 Å². The summed E-state index contributed by atoms with van der Waals surface area (Å²) in [5.41, 5.74) is 0.591. The Morgan fingerprint density at radius 3 is 2.15 bits per heavy atom. The molecule has 7 heteroatoms. The third kappa shape index (κ3) is 4.20. The maximum absolute atomic E-state index is 11.7. The highest BCUT2D eigenvalue weighted by Crippen LogP contribution is 2.32. The largest absolute Gasteiger partial charge is 0.496 e. The Morgan fingerprint density at radius 2 is 1.70 bits per heavy atom. The number of halogens is 3. The van der Waals surface area contributed by atoms with Crippen LogP contribution in [0.1, 0.15) is 5.56 Å². The number of allylic oxidation sites excluding steroid dienone is 1. The molecule has 0 N–H and O–H groups in total. The second-order valence-corrected chi connectivity index (χ2v) is 5.93. The lowest BCUT2D eigenvalue weighted by atomic mass is 10.1. The van der Waals surface area contributed by atoms with Crippen molar-refractivity contribution < 1.29 is 19.0 Å². The van der Waals surface area contributed by atoms with Gasteiger partial charge in [0.15, 0.2) is 11.5 Å². The number of carbonyl (C=O) groups excluding carboxylic acids is 1. The van der Waals surface area contributed by atoms with Crippen molar-refractivity contribution >= 4 is 46.3 Å². The normalized spacial score (nSPS) is 12.0. The smallest absolute Gasteiger partial charge is 0.252 e. The van der Waals surface area contributed by atoms with E-state index < -0.39 is 9.58 Å². The molecule has 0 bridgehead atoms. The maximum atomic E-state index is 11.7. The van der Waals surface area contributed by atoms with Gasteiger partial charge in [0.25, 0.3) is 3.79 Å². The Kier molecular flexibility index (Phi) is 5.99. The first-order valence-corrected chi connectivity index (χ1v) is 6.56. The van der Waals surface area contributed by atoms with E-state index in [0.717, 1.165) is 6.08 Å². The van der Waals surface area contributed by atoms with E-state index in [1.165, 1.54) is 21.3 Å². The summed E-state index contributed by atoms with van der Waals surface area (Å²) in [4.78, 5) is 11.7. The molecule has 0 saturated heterocycles. The van der Waals surface area contributed by atoms with Gasteiger partial charge in [-0.2, -0.15) is 0 Å². The van der Waals surface area contributed by atoms with Gasteiger partial charge in [0.05, 0.1) is 21.3 Å². The van der Waals surface area contributed by atoms with Crippen LogP contribution in [0.4, 0.5) is 0 Å². The predicted molar refractivity (Wildman–Crippen MR) is 79.8 cm³/mol. The molecule has 4 nitrogen and oxygen atoms in total. The highest BCUT2D eigenvalue weighted by atomic mass is 35.6. The fraction of sp³-hybridized carbons (Fsp3) is 0.308. The first kappa shape index (κ1) is 17.0. The van der Waals surface area contributed by atoms with Gasteiger partial charge in [-0.25, -0.2) is 0 Å². The zero-order valence-corrected chi connectivity index (χ0v) is 13.3. The van der Waals surface area contributed by atoms with Crippen LogP contribution in [0.15, 0.2) is 24.3 Å². The van der Waals surface area contributed by atoms with Crippen molar-refractivity contribution in [2.75, 3.05) is 21.3 Å². The van der Waals surface area contributed by atoms with Crippen LogP contribution in [0.25, 0.3) is 5.76 Å². The lowest BCUT2D eigenvalue weighted by molar-refractivity contribution is -0.113. The van der Waals surface area contributed by atoms with E-state index in [0.29, 0.717) is 17.1 Å². The summed E-state index contributed by atoms with van der Waals surface area (Å²) in [6, 6.07) is 5.03. The van der Waals surface area contributed by atoms with Crippen LogP contribution in [0.5, 0.6) is 11.5 Å². The molecule has 1 aromatic carbocycles. The number of alkyl halides is 3. The van der Waals surface area contributed by atoms with Gasteiger partial charge in [-0.05, 0) is 18.2 Å². The molecular weight excluding hydrogens is 326 g/mol. The molecule has 0 fully saturated rings. The SMILES string of the molecule is COC(=CC(=O)C(Cl)(Cl)Cl)c1ccc(OC)c(OC)c1. The average molecular weight is 340 g/mol. The molecule has 0 radical (unpaired) electrons. The Labute approximate surface area is 132 Å². The van der Waals surface area contributed by atoms with Crippen molar-refractivity contribution in [1.29, 1.82) is 0 Å². The van der Waals surface area contributed by atoms with Crippen molar-refractivity contribution in [3.63, 3.8) is 0 Å². The Hall–Kier alpha value is -1.10. The van der Waals surface area contributed by atoms with E-state index in [-0.39, 0.29) is 5.76 Å². The molecule has 0 heterocycles. The highest BCUT2D eigenvalue weighted by Gasteiger charge is 2.29. The van der Waals surface area contributed by atoms with Gasteiger partial charge in [0.1, 0.15) is 5.76 Å². The number of hydrogen-bond acceptors (Lipinski definition) is 4. The van der Waals surface area contributed by atoms with Crippen molar-refractivity contribution in [3.8, 4) is 11.5 Å². The number of benzene rings is 1. The standard InChI is InChI=1S/C13H13Cl3O4/c1-18-9-5-4-8(6-11(9)20-3)10(19-2)7-12(17)13(14,15)16/h4-7H,1-3H3. The van der Waals surface area contributed by atoms with Crippen LogP contribution in [-0.2, 0) is 9.53 Å². The molecule has 0 saturated carbocycles. The van der Waals surface area contributed by atoms with Crippen molar-refractivity contribution in [3.05, 3.63) is 29.8 Å². The van der Waals surface area contributed by atoms with Gasteiger partial charge in [-0.15, -0.1) is 0 Å². The number of carbonyl (C=O) groups is 1. The Morgan fingerprint density at radius 1 is 1.10 bits per heavy atom. The summed E-state index contributed by atoms with van der Waals surface area (Å²) >= 11 is 16.5. The zero-order valence-electron chi connectivity index (χ0n) is 11.1. The van der Waals surface area contributed by atoms with Crippen LogP contribution in [0.2, 0.25) is 0 Å². The second kappa shape index (κ2) is 7.07. The first-order chi connectivity index (χ1) is 9.33. The minimum absolute atomic E-state index is 0.252. The molecule has 0 aliphatic rings. The third-order valence-electron chi connectivity index (χ3n) is 2.43. The average Bonchev–Trinajstić information content (AvgIpc) is 2.42. The summed E-state index contributed by atoms with van der Waals surface area (Å²) in [6.45, 7) is 0. The van der Waals surface area contributed by atoms with E-state index in [4.69, 9.17) is 49.0 Å². The van der Waals surface area contributed by atoms with Crippen LogP contribution in [-0.4, -0.2) is 30.9 Å². The van der Waals surface area contributed by atoms with E-state index in [2.05, 4.69) is 0 Å². The third-order valence-corrected chi connectivity index (χ3v) is 2.99. The number of rotatable bonds is 5. The summed E-state index contributed by atoms with van der Waals surface area (Å²) in [6.07, 6.45) is 1.12. The van der Waals surface area contributed by atoms with E-state index in [1.807, 2.05) is 0 Å². The number of methoxy groups -OCH3 is 3. The van der Waals surface area contributed by atoms with Gasteiger partial charge in [-0.1, -0.05) is 34.8 Å². The maximum Gasteiger partial charge on any atom is 0.252 e. The zero-order chi connectivity index (χ0) is 15.3. The van der Waals surface area contributed by atoms with Crippen LogP contribution >= 0.6 is 34.8 Å². The molecule has 0 aliphatic carbocycles.